The van der Waals surface area contributed by atoms with E-state index in [9.17, 15) is 10.2 Å². The van der Waals surface area contributed by atoms with Gasteiger partial charge in [0.1, 0.15) is 18.7 Å². The maximum atomic E-state index is 9.93. The van der Waals surface area contributed by atoms with Gasteiger partial charge in [-0.05, 0) is 17.7 Å². The second kappa shape index (κ2) is 6.71. The van der Waals surface area contributed by atoms with Gasteiger partial charge in [-0.1, -0.05) is 0 Å². The van der Waals surface area contributed by atoms with Gasteiger partial charge >= 0.3 is 0 Å². The van der Waals surface area contributed by atoms with Crippen LogP contribution in [0.5, 0.6) is 0 Å². The van der Waals surface area contributed by atoms with Crippen molar-refractivity contribution in [2.45, 2.75) is 31.4 Å². The molecule has 1 saturated heterocycles. The number of aliphatic hydroxyl groups excluding tert-OH is 2. The summed E-state index contributed by atoms with van der Waals surface area (Å²) in [5, 5.41) is 22.4. The Morgan fingerprint density at radius 2 is 2.08 bits per heavy atom. The van der Waals surface area contributed by atoms with E-state index in [1.54, 1.807) is 23.3 Å². The average molecular weight is 342 g/mol. The van der Waals surface area contributed by atoms with Crippen LogP contribution in [0.3, 0.4) is 0 Å². The number of imidazole rings is 1. The number of aliphatic hydroxyl groups is 2. The monoisotopic (exact) mass is 342 g/mol. The minimum atomic E-state index is -0.710. The minimum Gasteiger partial charge on any atom is -0.394 e. The summed E-state index contributed by atoms with van der Waals surface area (Å²) in [7, 11) is 0. The highest BCUT2D eigenvalue weighted by Crippen LogP contribution is 2.31. The fourth-order valence-electron chi connectivity index (χ4n) is 2.93. The first-order valence-corrected chi connectivity index (χ1v) is 8.01. The van der Waals surface area contributed by atoms with Gasteiger partial charge in [0.25, 0.3) is 0 Å². The van der Waals surface area contributed by atoms with Crippen molar-refractivity contribution in [1.82, 2.24) is 24.5 Å². The van der Waals surface area contributed by atoms with Crippen LogP contribution in [0.1, 0.15) is 18.2 Å². The van der Waals surface area contributed by atoms with Crippen molar-refractivity contribution in [2.24, 2.45) is 0 Å². The first-order chi connectivity index (χ1) is 12.3. The number of rotatable bonds is 5. The van der Waals surface area contributed by atoms with E-state index >= 15 is 0 Å². The highest BCUT2D eigenvalue weighted by Gasteiger charge is 2.35. The lowest BCUT2D eigenvalue weighted by molar-refractivity contribution is -0.0432. The van der Waals surface area contributed by atoms with E-state index in [1.165, 1.54) is 6.33 Å². The zero-order valence-electron chi connectivity index (χ0n) is 13.4. The minimum absolute atomic E-state index is 0.224. The number of hydrogen-bond acceptors (Lipinski definition) is 8. The largest absolute Gasteiger partial charge is 0.394 e. The molecule has 0 aliphatic carbocycles. The van der Waals surface area contributed by atoms with E-state index in [0.717, 1.165) is 5.56 Å². The number of pyridine rings is 1. The van der Waals surface area contributed by atoms with Crippen molar-refractivity contribution < 1.29 is 14.9 Å². The predicted octanol–water partition coefficient (Wildman–Crippen LogP) is 0.474. The summed E-state index contributed by atoms with van der Waals surface area (Å²) in [5.41, 5.74) is 2.32. The van der Waals surface area contributed by atoms with E-state index in [0.29, 0.717) is 29.9 Å². The van der Waals surface area contributed by atoms with Gasteiger partial charge in [-0.2, -0.15) is 0 Å². The molecule has 1 aliphatic rings. The number of anilines is 1. The molecule has 0 bridgehead atoms. The Labute approximate surface area is 143 Å². The van der Waals surface area contributed by atoms with Gasteiger partial charge in [0.2, 0.25) is 0 Å². The lowest BCUT2D eigenvalue weighted by Crippen LogP contribution is -2.24. The third-order valence-electron chi connectivity index (χ3n) is 4.26. The molecule has 0 amide bonds. The van der Waals surface area contributed by atoms with Crippen LogP contribution >= 0.6 is 0 Å². The summed E-state index contributed by atoms with van der Waals surface area (Å²) < 4.78 is 7.44. The second-order valence-corrected chi connectivity index (χ2v) is 5.87. The van der Waals surface area contributed by atoms with Gasteiger partial charge in [0.15, 0.2) is 17.0 Å². The van der Waals surface area contributed by atoms with E-state index in [-0.39, 0.29) is 6.61 Å². The summed E-state index contributed by atoms with van der Waals surface area (Å²) in [6, 6.07) is 3.85. The van der Waals surface area contributed by atoms with E-state index in [4.69, 9.17) is 4.74 Å². The van der Waals surface area contributed by atoms with Crippen LogP contribution in [-0.4, -0.2) is 53.5 Å². The first kappa shape index (κ1) is 15.9. The van der Waals surface area contributed by atoms with E-state index in [2.05, 4.69) is 25.3 Å². The Kier molecular flexibility index (Phi) is 4.26. The molecule has 4 heterocycles. The van der Waals surface area contributed by atoms with Crippen molar-refractivity contribution in [2.75, 3.05) is 11.9 Å². The van der Waals surface area contributed by atoms with Crippen LogP contribution in [0.15, 0.2) is 37.2 Å². The number of ether oxygens (including phenoxy) is 1. The summed E-state index contributed by atoms with van der Waals surface area (Å²) in [4.78, 5) is 16.9. The number of fused-ring (bicyclic) bond motifs is 1. The Morgan fingerprint density at radius 3 is 2.84 bits per heavy atom. The molecule has 3 atom stereocenters. The number of nitrogens with one attached hydrogen (secondary N) is 1. The molecule has 3 N–H and O–H groups in total. The number of nitrogens with zero attached hydrogens (tertiary/aromatic N) is 5. The molecule has 3 aromatic heterocycles. The molecule has 0 saturated carbocycles. The Balaban J connectivity index is 1.58. The molecule has 1 aliphatic heterocycles. The van der Waals surface area contributed by atoms with Crippen molar-refractivity contribution in [3.63, 3.8) is 0 Å². The molecule has 0 radical (unpaired) electrons. The molecule has 130 valence electrons. The average Bonchev–Trinajstić information content (AvgIpc) is 3.24. The van der Waals surface area contributed by atoms with Crippen molar-refractivity contribution >= 4 is 17.0 Å². The SMILES string of the molecule is OC[C@H]1O[C@@H](n2cnc3c(NCc4ccncc4)ncnc32)C[C@@H]1O. The Morgan fingerprint density at radius 1 is 1.24 bits per heavy atom. The highest BCUT2D eigenvalue weighted by molar-refractivity contribution is 5.82. The molecular weight excluding hydrogens is 324 g/mol. The summed E-state index contributed by atoms with van der Waals surface area (Å²) in [6.07, 6.45) is 5.22. The van der Waals surface area contributed by atoms with Gasteiger partial charge < -0.3 is 20.3 Å². The number of hydrogen-bond donors (Lipinski definition) is 3. The fraction of sp³-hybridized carbons (Fsp3) is 0.375. The lowest BCUT2D eigenvalue weighted by Gasteiger charge is -2.13. The Hall–Kier alpha value is -2.62. The van der Waals surface area contributed by atoms with Crippen LogP contribution in [-0.2, 0) is 11.3 Å². The first-order valence-electron chi connectivity index (χ1n) is 8.01. The zero-order valence-corrected chi connectivity index (χ0v) is 13.4. The summed E-state index contributed by atoms with van der Waals surface area (Å²) >= 11 is 0. The van der Waals surface area contributed by atoms with Crippen LogP contribution in [0, 0.1) is 0 Å². The lowest BCUT2D eigenvalue weighted by atomic mass is 10.2. The maximum absolute atomic E-state index is 9.93. The van der Waals surface area contributed by atoms with Crippen LogP contribution in [0.25, 0.3) is 11.2 Å². The van der Waals surface area contributed by atoms with Crippen molar-refractivity contribution in [1.29, 1.82) is 0 Å². The van der Waals surface area contributed by atoms with Crippen molar-refractivity contribution in [3.8, 4) is 0 Å². The summed E-state index contributed by atoms with van der Waals surface area (Å²) in [6.45, 7) is 0.366. The smallest absolute Gasteiger partial charge is 0.167 e. The molecule has 0 spiro atoms. The molecule has 0 aromatic carbocycles. The molecule has 3 aromatic rings. The predicted molar refractivity (Wildman–Crippen MR) is 88.5 cm³/mol. The quantitative estimate of drug-likeness (QED) is 0.612. The third-order valence-corrected chi connectivity index (χ3v) is 4.26. The molecule has 25 heavy (non-hydrogen) atoms. The van der Waals surface area contributed by atoms with Gasteiger partial charge in [-0.15, -0.1) is 0 Å². The molecule has 0 unspecified atom stereocenters. The molecule has 9 nitrogen and oxygen atoms in total. The zero-order chi connectivity index (χ0) is 17.2. The van der Waals surface area contributed by atoms with Crippen LogP contribution < -0.4 is 5.32 Å². The molecule has 1 fully saturated rings. The highest BCUT2D eigenvalue weighted by atomic mass is 16.5. The van der Waals surface area contributed by atoms with Gasteiger partial charge in [0.05, 0.1) is 19.0 Å². The standard InChI is InChI=1S/C16H18N6O3/c23-7-12-11(24)5-13(25-12)22-9-21-14-15(19-8-20-16(14)22)18-6-10-1-3-17-4-2-10/h1-4,8-9,11-13,23-24H,5-7H2,(H,18,19,20)/t11-,12+,13+/m0/s1. The van der Waals surface area contributed by atoms with E-state index in [1.807, 2.05) is 12.1 Å². The summed E-state index contributed by atoms with van der Waals surface area (Å²) in [5.74, 6) is 0.623. The maximum Gasteiger partial charge on any atom is 0.167 e. The molecule has 9 heteroatoms. The van der Waals surface area contributed by atoms with Gasteiger partial charge in [-0.3, -0.25) is 9.55 Å². The normalized spacial score (nSPS) is 23.2. The third kappa shape index (κ3) is 3.04. The van der Waals surface area contributed by atoms with Gasteiger partial charge in [0, 0.05) is 25.4 Å². The van der Waals surface area contributed by atoms with Crippen molar-refractivity contribution in [3.05, 3.63) is 42.7 Å². The van der Waals surface area contributed by atoms with Gasteiger partial charge in [-0.25, -0.2) is 15.0 Å². The van der Waals surface area contributed by atoms with Crippen LogP contribution in [0.4, 0.5) is 5.82 Å². The topological polar surface area (TPSA) is 118 Å². The number of aromatic nitrogens is 5. The second-order valence-electron chi connectivity index (χ2n) is 5.87. The van der Waals surface area contributed by atoms with Crippen LogP contribution in [0.2, 0.25) is 0 Å². The molecule has 4 rings (SSSR count). The van der Waals surface area contributed by atoms with E-state index < -0.39 is 18.4 Å². The Bertz CT molecular complexity index is 855. The molecular formula is C16H18N6O3. The fourth-order valence-corrected chi connectivity index (χ4v) is 2.93.